The van der Waals surface area contributed by atoms with Gasteiger partial charge in [0.25, 0.3) is 0 Å². The molecule has 0 spiro atoms. The molecule has 2 nitrogen and oxygen atoms in total. The molecule has 0 aliphatic rings. The highest BCUT2D eigenvalue weighted by molar-refractivity contribution is 5.64. The van der Waals surface area contributed by atoms with Crippen molar-refractivity contribution >= 4 is 5.69 Å². The number of benzene rings is 3. The van der Waals surface area contributed by atoms with Crippen molar-refractivity contribution in [2.45, 2.75) is 5.92 Å². The molecule has 134 valence electrons. The second-order valence-corrected chi connectivity index (χ2v) is 6.34. The van der Waals surface area contributed by atoms with E-state index in [-0.39, 0.29) is 5.92 Å². The molecule has 27 heavy (non-hydrogen) atoms. The van der Waals surface area contributed by atoms with Crippen LogP contribution in [0.2, 0.25) is 0 Å². The van der Waals surface area contributed by atoms with Gasteiger partial charge in [0.1, 0.15) is 0 Å². The molecule has 3 aromatic carbocycles. The van der Waals surface area contributed by atoms with E-state index in [1.54, 1.807) is 0 Å². The Morgan fingerprint density at radius 1 is 0.778 bits per heavy atom. The van der Waals surface area contributed by atoms with Gasteiger partial charge in [-0.05, 0) is 52.2 Å². The van der Waals surface area contributed by atoms with E-state index in [9.17, 15) is 0 Å². The summed E-state index contributed by atoms with van der Waals surface area (Å²) in [4.78, 5) is 0. The number of anilines is 1. The number of allylic oxidation sites excluding steroid dienone is 4. The second-order valence-electron chi connectivity index (χ2n) is 6.34. The van der Waals surface area contributed by atoms with Crippen molar-refractivity contribution in [3.63, 3.8) is 0 Å². The average molecular weight is 352 g/mol. The summed E-state index contributed by atoms with van der Waals surface area (Å²) in [6.45, 7) is 4.00. The zero-order chi connectivity index (χ0) is 19.1. The minimum Gasteiger partial charge on any atom is -0.405 e. The van der Waals surface area contributed by atoms with Crippen LogP contribution in [0.1, 0.15) is 17.0 Å². The molecule has 0 aromatic heterocycles. The van der Waals surface area contributed by atoms with Gasteiger partial charge in [-0.1, -0.05) is 85.5 Å². The molecule has 1 unspecified atom stereocenters. The van der Waals surface area contributed by atoms with E-state index >= 15 is 0 Å². The number of rotatable bonds is 6. The van der Waals surface area contributed by atoms with Gasteiger partial charge in [0.05, 0.1) is 0 Å². The van der Waals surface area contributed by atoms with Gasteiger partial charge in [-0.2, -0.15) is 0 Å². The normalized spacial score (nSPS) is 12.8. The van der Waals surface area contributed by atoms with Crippen molar-refractivity contribution in [2.24, 2.45) is 5.73 Å². The van der Waals surface area contributed by atoms with Gasteiger partial charge >= 0.3 is 0 Å². The molecule has 0 aliphatic carbocycles. The molecule has 1 atom stereocenters. The predicted molar refractivity (Wildman–Crippen MR) is 116 cm³/mol. The van der Waals surface area contributed by atoms with Crippen LogP contribution in [0, 0.1) is 0 Å². The lowest BCUT2D eigenvalue weighted by Gasteiger charge is -2.20. The highest BCUT2D eigenvalue weighted by Gasteiger charge is 2.17. The minimum absolute atomic E-state index is 0.0594. The Morgan fingerprint density at radius 2 is 1.33 bits per heavy atom. The van der Waals surface area contributed by atoms with E-state index < -0.39 is 0 Å². The molecule has 0 bridgehead atoms. The highest BCUT2D eigenvalue weighted by Crippen LogP contribution is 2.34. The number of hydrogen-bond donors (Lipinski definition) is 2. The average Bonchev–Trinajstić information content (AvgIpc) is 2.73. The third-order valence-corrected chi connectivity index (χ3v) is 4.59. The maximum Gasteiger partial charge on any atom is 0.0339 e. The summed E-state index contributed by atoms with van der Waals surface area (Å²) in [6.07, 6.45) is 7.24. The summed E-state index contributed by atoms with van der Waals surface area (Å²) < 4.78 is 0. The molecule has 0 saturated heterocycles. The maximum absolute atomic E-state index is 5.88. The summed E-state index contributed by atoms with van der Waals surface area (Å²) in [6, 6.07) is 27.0. The molecule has 4 N–H and O–H groups in total. The van der Waals surface area contributed by atoms with E-state index in [0.717, 1.165) is 16.8 Å². The smallest absolute Gasteiger partial charge is 0.0339 e. The molecule has 0 fully saturated rings. The quantitative estimate of drug-likeness (QED) is 0.445. The van der Waals surface area contributed by atoms with Crippen LogP contribution < -0.4 is 11.5 Å². The maximum atomic E-state index is 5.88. The summed E-state index contributed by atoms with van der Waals surface area (Å²) in [5.41, 5.74) is 18.0. The first-order valence-electron chi connectivity index (χ1n) is 8.94. The first kappa shape index (κ1) is 18.3. The molecular formula is C25H24N2. The molecule has 0 aliphatic heterocycles. The summed E-state index contributed by atoms with van der Waals surface area (Å²) >= 11 is 0. The van der Waals surface area contributed by atoms with Gasteiger partial charge in [-0.3, -0.25) is 0 Å². The van der Waals surface area contributed by atoms with E-state index in [2.05, 4.69) is 67.2 Å². The fourth-order valence-corrected chi connectivity index (χ4v) is 3.21. The largest absolute Gasteiger partial charge is 0.405 e. The van der Waals surface area contributed by atoms with Crippen molar-refractivity contribution in [1.29, 1.82) is 0 Å². The fraction of sp³-hybridized carbons (Fsp3) is 0.0400. The Balaban J connectivity index is 2.04. The predicted octanol–water partition coefficient (Wildman–Crippen LogP) is 5.65. The highest BCUT2D eigenvalue weighted by atomic mass is 14.5. The molecular weight excluding hydrogens is 328 g/mol. The van der Waals surface area contributed by atoms with Crippen LogP contribution in [0.5, 0.6) is 0 Å². The standard InChI is InChI=1S/C25H24N2/c1-2-19(9-6-18-26)25(23-14-16-24(27)17-15-23)22-12-10-21(11-13-22)20-7-4-3-5-8-20/h2-18,25H,1,26-27H2/b18-6+,19-9+. The van der Waals surface area contributed by atoms with Gasteiger partial charge in [-0.15, -0.1) is 0 Å². The van der Waals surface area contributed by atoms with Gasteiger partial charge in [0.2, 0.25) is 0 Å². The topological polar surface area (TPSA) is 52.0 Å². The van der Waals surface area contributed by atoms with E-state index in [4.69, 9.17) is 11.5 Å². The zero-order valence-electron chi connectivity index (χ0n) is 15.3. The van der Waals surface area contributed by atoms with Gasteiger partial charge in [0.15, 0.2) is 0 Å². The first-order chi connectivity index (χ1) is 13.2. The summed E-state index contributed by atoms with van der Waals surface area (Å²) in [5, 5.41) is 0. The van der Waals surface area contributed by atoms with Crippen LogP contribution in [0.25, 0.3) is 11.1 Å². The molecule has 0 amide bonds. The number of hydrogen-bond acceptors (Lipinski definition) is 2. The molecule has 0 saturated carbocycles. The molecule has 3 rings (SSSR count). The Morgan fingerprint density at radius 3 is 1.89 bits per heavy atom. The lowest BCUT2D eigenvalue weighted by atomic mass is 9.84. The Labute approximate surface area is 161 Å². The van der Waals surface area contributed by atoms with Crippen molar-refractivity contribution in [1.82, 2.24) is 0 Å². The van der Waals surface area contributed by atoms with Crippen LogP contribution >= 0.6 is 0 Å². The van der Waals surface area contributed by atoms with Crippen LogP contribution in [0.3, 0.4) is 0 Å². The summed E-state index contributed by atoms with van der Waals surface area (Å²) in [5.74, 6) is 0.0594. The van der Waals surface area contributed by atoms with E-state index in [0.29, 0.717) is 0 Å². The van der Waals surface area contributed by atoms with Gasteiger partial charge in [0, 0.05) is 11.6 Å². The number of nitrogen functional groups attached to an aromatic ring is 1. The first-order valence-corrected chi connectivity index (χ1v) is 8.94. The minimum atomic E-state index is 0.0594. The van der Waals surface area contributed by atoms with Crippen molar-refractivity contribution in [3.8, 4) is 11.1 Å². The second kappa shape index (κ2) is 8.72. The van der Waals surface area contributed by atoms with Crippen molar-refractivity contribution in [2.75, 3.05) is 5.73 Å². The monoisotopic (exact) mass is 352 g/mol. The molecule has 3 aromatic rings. The molecule has 2 heteroatoms. The van der Waals surface area contributed by atoms with E-state index in [1.165, 1.54) is 22.9 Å². The Kier molecular flexibility index (Phi) is 5.91. The number of nitrogens with two attached hydrogens (primary N) is 2. The van der Waals surface area contributed by atoms with Crippen LogP contribution in [-0.2, 0) is 0 Å². The van der Waals surface area contributed by atoms with Gasteiger partial charge in [-0.25, -0.2) is 0 Å². The molecule has 0 heterocycles. The van der Waals surface area contributed by atoms with Crippen molar-refractivity contribution in [3.05, 3.63) is 127 Å². The third kappa shape index (κ3) is 4.36. The lowest BCUT2D eigenvalue weighted by Crippen LogP contribution is -2.04. The molecule has 0 radical (unpaired) electrons. The third-order valence-electron chi connectivity index (χ3n) is 4.59. The lowest BCUT2D eigenvalue weighted by molar-refractivity contribution is 0.978. The Hall–Kier alpha value is -3.52. The van der Waals surface area contributed by atoms with Crippen molar-refractivity contribution < 1.29 is 0 Å². The van der Waals surface area contributed by atoms with Crippen LogP contribution in [0.15, 0.2) is 115 Å². The zero-order valence-corrected chi connectivity index (χ0v) is 15.3. The van der Waals surface area contributed by atoms with Gasteiger partial charge < -0.3 is 11.5 Å². The summed E-state index contributed by atoms with van der Waals surface area (Å²) in [7, 11) is 0. The van der Waals surface area contributed by atoms with Crippen LogP contribution in [-0.4, -0.2) is 0 Å². The van der Waals surface area contributed by atoms with Crippen LogP contribution in [0.4, 0.5) is 5.69 Å². The SMILES string of the molecule is C=C/C(=C\C=C\N)C(c1ccc(N)cc1)c1ccc(-c2ccccc2)cc1. The Bertz CT molecular complexity index is 934. The fourth-order valence-electron chi connectivity index (χ4n) is 3.21. The van der Waals surface area contributed by atoms with E-state index in [1.807, 2.05) is 36.4 Å².